The fraction of sp³-hybridized carbons (Fsp3) is 0. The van der Waals surface area contributed by atoms with E-state index in [1.54, 1.807) is 24.3 Å². The quantitative estimate of drug-likeness (QED) is 0.576. The van der Waals surface area contributed by atoms with Gasteiger partial charge in [-0.3, -0.25) is 4.79 Å². The minimum Gasteiger partial charge on any atom is -0.398 e. The zero-order valence-electron chi connectivity index (χ0n) is 9.28. The number of nitrogen functional groups attached to an aromatic ring is 1. The molecule has 2 rings (SSSR count). The maximum atomic E-state index is 12.0. The van der Waals surface area contributed by atoms with Gasteiger partial charge in [-0.25, -0.2) is 0 Å². The Bertz CT molecular complexity index is 601. The van der Waals surface area contributed by atoms with Gasteiger partial charge in [0.25, 0.3) is 5.91 Å². The van der Waals surface area contributed by atoms with Crippen LogP contribution in [0.25, 0.3) is 0 Å². The van der Waals surface area contributed by atoms with Gasteiger partial charge in [-0.2, -0.15) is 0 Å². The Hall–Kier alpha value is -1.08. The number of benzene rings is 2. The van der Waals surface area contributed by atoms with Crippen LogP contribution in [0.5, 0.6) is 0 Å². The highest BCUT2D eigenvalue weighted by Gasteiger charge is 2.07. The summed E-state index contributed by atoms with van der Waals surface area (Å²) in [6.07, 6.45) is 0. The number of carbonyl (C=O) groups excluding carboxylic acids is 1. The van der Waals surface area contributed by atoms with E-state index in [9.17, 15) is 4.79 Å². The highest BCUT2D eigenvalue weighted by molar-refractivity contribution is 14.1. The van der Waals surface area contributed by atoms with Gasteiger partial charge in [-0.05, 0) is 74.9 Å². The molecule has 0 heterocycles. The highest BCUT2D eigenvalue weighted by atomic mass is 127. The van der Waals surface area contributed by atoms with Gasteiger partial charge in [0.1, 0.15) is 0 Å². The largest absolute Gasteiger partial charge is 0.398 e. The molecule has 3 nitrogen and oxygen atoms in total. The van der Waals surface area contributed by atoms with Gasteiger partial charge in [0.15, 0.2) is 0 Å². The summed E-state index contributed by atoms with van der Waals surface area (Å²) >= 11 is 5.48. The smallest absolute Gasteiger partial charge is 0.255 e. The lowest BCUT2D eigenvalue weighted by atomic mass is 10.2. The Morgan fingerprint density at radius 3 is 2.67 bits per heavy atom. The summed E-state index contributed by atoms with van der Waals surface area (Å²) in [4.78, 5) is 12.0. The Morgan fingerprint density at radius 1 is 1.22 bits per heavy atom. The van der Waals surface area contributed by atoms with E-state index >= 15 is 0 Å². The van der Waals surface area contributed by atoms with Crippen LogP contribution in [-0.4, -0.2) is 5.91 Å². The van der Waals surface area contributed by atoms with Gasteiger partial charge in [-0.15, -0.1) is 0 Å². The molecule has 0 spiro atoms. The molecule has 92 valence electrons. The Labute approximate surface area is 127 Å². The molecule has 0 aromatic heterocycles. The standard InChI is InChI=1S/C13H10BrIN2O/c14-11-5-4-10(7-12(11)16)17-13(18)8-2-1-3-9(15)6-8/h1-7H,16H2,(H,17,18). The zero-order chi connectivity index (χ0) is 13.1. The van der Waals surface area contributed by atoms with E-state index in [4.69, 9.17) is 5.73 Å². The summed E-state index contributed by atoms with van der Waals surface area (Å²) in [5.74, 6) is -0.143. The summed E-state index contributed by atoms with van der Waals surface area (Å²) in [7, 11) is 0. The Kier molecular flexibility index (Phi) is 4.23. The van der Waals surface area contributed by atoms with Crippen LogP contribution < -0.4 is 11.1 Å². The third-order valence-electron chi connectivity index (χ3n) is 2.34. The van der Waals surface area contributed by atoms with Crippen molar-refractivity contribution >= 4 is 55.8 Å². The van der Waals surface area contributed by atoms with E-state index < -0.39 is 0 Å². The molecule has 0 radical (unpaired) electrons. The highest BCUT2D eigenvalue weighted by Crippen LogP contribution is 2.23. The molecule has 0 aliphatic carbocycles. The second-order valence-corrected chi connectivity index (χ2v) is 5.80. The van der Waals surface area contributed by atoms with Crippen molar-refractivity contribution < 1.29 is 4.79 Å². The third kappa shape index (κ3) is 3.23. The number of hydrogen-bond donors (Lipinski definition) is 2. The minimum absolute atomic E-state index is 0.143. The number of nitrogens with two attached hydrogens (primary N) is 1. The van der Waals surface area contributed by atoms with Crippen LogP contribution in [0.3, 0.4) is 0 Å². The number of amides is 1. The summed E-state index contributed by atoms with van der Waals surface area (Å²) in [5.41, 5.74) is 7.66. The lowest BCUT2D eigenvalue weighted by molar-refractivity contribution is 0.102. The van der Waals surface area contributed by atoms with E-state index in [0.717, 1.165) is 8.04 Å². The molecule has 0 atom stereocenters. The Morgan fingerprint density at radius 2 is 2.00 bits per heavy atom. The molecule has 0 saturated carbocycles. The van der Waals surface area contributed by atoms with E-state index in [2.05, 4.69) is 43.8 Å². The molecule has 2 aromatic carbocycles. The predicted molar refractivity (Wildman–Crippen MR) is 85.7 cm³/mol. The van der Waals surface area contributed by atoms with Gasteiger partial charge >= 0.3 is 0 Å². The molecule has 0 aliphatic heterocycles. The van der Waals surface area contributed by atoms with Crippen LogP contribution in [0.15, 0.2) is 46.9 Å². The number of rotatable bonds is 2. The SMILES string of the molecule is Nc1cc(NC(=O)c2cccc(I)c2)ccc1Br. The molecule has 1 amide bonds. The van der Waals surface area contributed by atoms with Crippen molar-refractivity contribution in [3.63, 3.8) is 0 Å². The van der Waals surface area contributed by atoms with Crippen LogP contribution in [0.4, 0.5) is 11.4 Å². The maximum absolute atomic E-state index is 12.0. The number of halogens is 2. The van der Waals surface area contributed by atoms with Crippen molar-refractivity contribution in [2.45, 2.75) is 0 Å². The van der Waals surface area contributed by atoms with Crippen LogP contribution in [0.2, 0.25) is 0 Å². The monoisotopic (exact) mass is 416 g/mol. The third-order valence-corrected chi connectivity index (χ3v) is 3.73. The summed E-state index contributed by atoms with van der Waals surface area (Å²) < 4.78 is 1.84. The molecule has 0 unspecified atom stereocenters. The van der Waals surface area contributed by atoms with E-state index in [0.29, 0.717) is 16.9 Å². The van der Waals surface area contributed by atoms with Crippen LogP contribution in [0, 0.1) is 3.57 Å². The topological polar surface area (TPSA) is 55.1 Å². The van der Waals surface area contributed by atoms with E-state index in [-0.39, 0.29) is 5.91 Å². The van der Waals surface area contributed by atoms with Crippen molar-refractivity contribution in [2.75, 3.05) is 11.1 Å². The van der Waals surface area contributed by atoms with Gasteiger partial charge in [0.2, 0.25) is 0 Å². The van der Waals surface area contributed by atoms with Gasteiger partial charge in [0.05, 0.1) is 0 Å². The molecule has 0 fully saturated rings. The first-order valence-electron chi connectivity index (χ1n) is 5.18. The minimum atomic E-state index is -0.143. The van der Waals surface area contributed by atoms with E-state index in [1.807, 2.05) is 18.2 Å². The fourth-order valence-corrected chi connectivity index (χ4v) is 2.24. The summed E-state index contributed by atoms with van der Waals surface area (Å²) in [5, 5.41) is 2.81. The van der Waals surface area contributed by atoms with Gasteiger partial charge in [0, 0.05) is 25.0 Å². The molecule has 5 heteroatoms. The summed E-state index contributed by atoms with van der Waals surface area (Å²) in [6.45, 7) is 0. The van der Waals surface area contributed by atoms with Crippen molar-refractivity contribution in [1.82, 2.24) is 0 Å². The predicted octanol–water partition coefficient (Wildman–Crippen LogP) is 3.89. The second kappa shape index (κ2) is 5.71. The number of hydrogen-bond acceptors (Lipinski definition) is 2. The van der Waals surface area contributed by atoms with Crippen LogP contribution in [0.1, 0.15) is 10.4 Å². The molecule has 18 heavy (non-hydrogen) atoms. The van der Waals surface area contributed by atoms with Crippen molar-refractivity contribution in [2.24, 2.45) is 0 Å². The van der Waals surface area contributed by atoms with E-state index in [1.165, 1.54) is 0 Å². The normalized spacial score (nSPS) is 10.1. The fourth-order valence-electron chi connectivity index (χ4n) is 1.45. The lowest BCUT2D eigenvalue weighted by Crippen LogP contribution is -2.12. The first kappa shape index (κ1) is 13.4. The van der Waals surface area contributed by atoms with Crippen LogP contribution in [-0.2, 0) is 0 Å². The second-order valence-electron chi connectivity index (χ2n) is 3.70. The van der Waals surface area contributed by atoms with Gasteiger partial charge in [-0.1, -0.05) is 6.07 Å². The molecule has 0 aliphatic rings. The first-order chi connectivity index (χ1) is 8.56. The average Bonchev–Trinajstić information content (AvgIpc) is 2.34. The first-order valence-corrected chi connectivity index (χ1v) is 7.05. The Balaban J connectivity index is 2.18. The maximum Gasteiger partial charge on any atom is 0.255 e. The van der Waals surface area contributed by atoms with Crippen molar-refractivity contribution in [3.05, 3.63) is 56.1 Å². The average molecular weight is 417 g/mol. The molecule has 0 saturated heterocycles. The molecular weight excluding hydrogens is 407 g/mol. The summed E-state index contributed by atoms with van der Waals surface area (Å²) in [6, 6.07) is 12.7. The van der Waals surface area contributed by atoms with Crippen LogP contribution >= 0.6 is 38.5 Å². The zero-order valence-corrected chi connectivity index (χ0v) is 13.0. The number of carbonyl (C=O) groups is 1. The molecule has 2 aromatic rings. The molecule has 3 N–H and O–H groups in total. The molecule has 0 bridgehead atoms. The van der Waals surface area contributed by atoms with Gasteiger partial charge < -0.3 is 11.1 Å². The molecular formula is C13H10BrIN2O. The lowest BCUT2D eigenvalue weighted by Gasteiger charge is -2.07. The van der Waals surface area contributed by atoms with Crippen molar-refractivity contribution in [3.8, 4) is 0 Å². The number of nitrogens with one attached hydrogen (secondary N) is 1. The van der Waals surface area contributed by atoms with Crippen molar-refractivity contribution in [1.29, 1.82) is 0 Å². The number of anilines is 2.